The zero-order valence-corrected chi connectivity index (χ0v) is 11.7. The third kappa shape index (κ3) is 1.59. The Morgan fingerprint density at radius 2 is 2.11 bits per heavy atom. The Hall–Kier alpha value is -1.28. The van der Waals surface area contributed by atoms with Crippen molar-refractivity contribution in [3.05, 3.63) is 35.0 Å². The number of hydrogen-bond acceptors (Lipinski definition) is 1. The molecule has 1 aromatic carbocycles. The van der Waals surface area contributed by atoms with Crippen LogP contribution in [0.15, 0.2) is 18.2 Å². The first-order valence-electron chi connectivity index (χ1n) is 6.91. The molecule has 0 saturated carbocycles. The topological polar surface area (TPSA) is 27.8 Å². The molecule has 1 aromatic heterocycles. The largest absolute Gasteiger partial charge is 0.357 e. The van der Waals surface area contributed by atoms with Crippen LogP contribution >= 0.6 is 0 Å². The number of rotatable bonds is 1. The first-order chi connectivity index (χ1) is 8.53. The average molecular weight is 242 g/mol. The van der Waals surface area contributed by atoms with Gasteiger partial charge in [-0.25, -0.2) is 0 Å². The van der Waals surface area contributed by atoms with E-state index in [9.17, 15) is 0 Å². The van der Waals surface area contributed by atoms with Crippen LogP contribution in [0.25, 0.3) is 10.9 Å². The molecule has 0 amide bonds. The lowest BCUT2D eigenvalue weighted by atomic mass is 9.78. The van der Waals surface area contributed by atoms with Crippen molar-refractivity contribution in [3.63, 3.8) is 0 Å². The molecule has 0 saturated heterocycles. The molecule has 0 bridgehead atoms. The second-order valence-corrected chi connectivity index (χ2v) is 6.13. The molecule has 2 N–H and O–H groups in total. The molecule has 0 spiro atoms. The lowest BCUT2D eigenvalue weighted by molar-refractivity contribution is 0.394. The highest BCUT2D eigenvalue weighted by Gasteiger charge is 2.33. The van der Waals surface area contributed by atoms with Crippen LogP contribution in [0.3, 0.4) is 0 Å². The summed E-state index contributed by atoms with van der Waals surface area (Å²) in [6.45, 7) is 10.2. The van der Waals surface area contributed by atoms with Gasteiger partial charge in [0.2, 0.25) is 0 Å². The van der Waals surface area contributed by atoms with E-state index in [1.165, 1.54) is 27.7 Å². The molecule has 18 heavy (non-hydrogen) atoms. The van der Waals surface area contributed by atoms with E-state index in [-0.39, 0.29) is 5.41 Å². The van der Waals surface area contributed by atoms with Crippen LogP contribution in [0.4, 0.5) is 0 Å². The predicted molar refractivity (Wildman–Crippen MR) is 77.1 cm³/mol. The van der Waals surface area contributed by atoms with Gasteiger partial charge < -0.3 is 10.3 Å². The molecule has 0 radical (unpaired) electrons. The van der Waals surface area contributed by atoms with Gasteiger partial charge in [0.25, 0.3) is 0 Å². The predicted octanol–water partition coefficient (Wildman–Crippen LogP) is 3.67. The highest BCUT2D eigenvalue weighted by molar-refractivity contribution is 5.87. The Labute approximate surface area is 109 Å². The van der Waals surface area contributed by atoms with Gasteiger partial charge >= 0.3 is 0 Å². The quantitative estimate of drug-likeness (QED) is 0.784. The molecule has 2 nitrogen and oxygen atoms in total. The summed E-state index contributed by atoms with van der Waals surface area (Å²) >= 11 is 0. The molecular weight excluding hydrogens is 220 g/mol. The van der Waals surface area contributed by atoms with Crippen molar-refractivity contribution in [1.29, 1.82) is 0 Å². The molecule has 2 heterocycles. The normalized spacial score (nSPS) is 22.1. The van der Waals surface area contributed by atoms with E-state index in [1.807, 2.05) is 0 Å². The second-order valence-electron chi connectivity index (χ2n) is 6.13. The Bertz CT molecular complexity index is 592. The summed E-state index contributed by atoms with van der Waals surface area (Å²) in [7, 11) is 0. The van der Waals surface area contributed by atoms with Gasteiger partial charge in [-0.2, -0.15) is 0 Å². The minimum atomic E-state index is 0.201. The lowest BCUT2D eigenvalue weighted by Crippen LogP contribution is -2.40. The Morgan fingerprint density at radius 1 is 1.33 bits per heavy atom. The third-order valence-electron chi connectivity index (χ3n) is 4.26. The smallest absolute Gasteiger partial charge is 0.0459 e. The van der Waals surface area contributed by atoms with Crippen LogP contribution in [-0.2, 0) is 11.8 Å². The van der Waals surface area contributed by atoms with Gasteiger partial charge in [0.1, 0.15) is 0 Å². The van der Waals surface area contributed by atoms with E-state index in [4.69, 9.17) is 0 Å². The van der Waals surface area contributed by atoms with Gasteiger partial charge in [-0.05, 0) is 36.6 Å². The first kappa shape index (κ1) is 11.8. The van der Waals surface area contributed by atoms with E-state index in [1.54, 1.807) is 0 Å². The van der Waals surface area contributed by atoms with Crippen molar-refractivity contribution < 1.29 is 0 Å². The highest BCUT2D eigenvalue weighted by atomic mass is 15.0. The number of fused-ring (bicyclic) bond motifs is 3. The maximum Gasteiger partial charge on any atom is 0.0459 e. The molecule has 1 aliphatic heterocycles. The molecule has 1 atom stereocenters. The fraction of sp³-hybridized carbons (Fsp3) is 0.500. The van der Waals surface area contributed by atoms with Gasteiger partial charge in [-0.15, -0.1) is 0 Å². The molecule has 2 aromatic rings. The average Bonchev–Trinajstić information content (AvgIpc) is 2.74. The van der Waals surface area contributed by atoms with Crippen LogP contribution in [0.5, 0.6) is 0 Å². The van der Waals surface area contributed by atoms with E-state index in [0.717, 1.165) is 13.0 Å². The number of nitrogens with one attached hydrogen (secondary N) is 2. The molecule has 1 unspecified atom stereocenters. The van der Waals surface area contributed by atoms with Gasteiger partial charge in [-0.3, -0.25) is 0 Å². The summed E-state index contributed by atoms with van der Waals surface area (Å²) < 4.78 is 0. The van der Waals surface area contributed by atoms with E-state index in [2.05, 4.69) is 56.2 Å². The first-order valence-corrected chi connectivity index (χ1v) is 6.91. The fourth-order valence-electron chi connectivity index (χ4n) is 3.13. The molecular formula is C16H22N2. The van der Waals surface area contributed by atoms with Gasteiger partial charge in [0, 0.05) is 34.6 Å². The summed E-state index contributed by atoms with van der Waals surface area (Å²) in [5.41, 5.74) is 5.78. The Balaban J connectivity index is 2.32. The fourth-order valence-corrected chi connectivity index (χ4v) is 3.13. The van der Waals surface area contributed by atoms with Gasteiger partial charge in [0.15, 0.2) is 0 Å². The monoisotopic (exact) mass is 242 g/mol. The summed E-state index contributed by atoms with van der Waals surface area (Å²) in [4.78, 5) is 3.61. The van der Waals surface area contributed by atoms with Crippen LogP contribution < -0.4 is 5.32 Å². The van der Waals surface area contributed by atoms with Gasteiger partial charge in [0.05, 0.1) is 0 Å². The molecule has 0 aliphatic carbocycles. The zero-order chi connectivity index (χ0) is 12.9. The Morgan fingerprint density at radius 3 is 2.83 bits per heavy atom. The highest BCUT2D eigenvalue weighted by Crippen LogP contribution is 2.39. The number of aromatic nitrogens is 1. The number of benzene rings is 1. The van der Waals surface area contributed by atoms with E-state index in [0.29, 0.717) is 6.04 Å². The van der Waals surface area contributed by atoms with Crippen molar-refractivity contribution >= 4 is 10.9 Å². The second kappa shape index (κ2) is 3.86. The van der Waals surface area contributed by atoms with Crippen molar-refractivity contribution in [2.24, 2.45) is 0 Å². The number of aryl methyl sites for hydroxylation is 1. The summed E-state index contributed by atoms with van der Waals surface area (Å²) in [5.74, 6) is 0. The number of H-pyrrole nitrogens is 1. The minimum Gasteiger partial charge on any atom is -0.357 e. The van der Waals surface area contributed by atoms with Crippen molar-refractivity contribution in [3.8, 4) is 0 Å². The maximum absolute atomic E-state index is 3.61. The summed E-state index contributed by atoms with van der Waals surface area (Å²) in [5, 5.41) is 5.01. The van der Waals surface area contributed by atoms with Crippen LogP contribution in [0.2, 0.25) is 0 Å². The molecule has 3 rings (SSSR count). The van der Waals surface area contributed by atoms with Crippen LogP contribution in [0.1, 0.15) is 50.6 Å². The van der Waals surface area contributed by atoms with E-state index < -0.39 is 0 Å². The molecule has 2 heteroatoms. The number of aromatic amines is 1. The summed E-state index contributed by atoms with van der Waals surface area (Å²) in [6.07, 6.45) is 1.10. The summed E-state index contributed by atoms with van der Waals surface area (Å²) in [6, 6.07) is 7.25. The molecule has 0 fully saturated rings. The number of hydrogen-bond donors (Lipinski definition) is 2. The zero-order valence-electron chi connectivity index (χ0n) is 11.7. The SMILES string of the molecule is CCc1ccc2[nH]c3c(c2c1)C(C)(C)CNC3C. The maximum atomic E-state index is 3.61. The van der Waals surface area contributed by atoms with E-state index >= 15 is 0 Å². The standard InChI is InChI=1S/C16H22N2/c1-5-11-6-7-13-12(8-11)14-15(18-13)10(2)17-9-16(14,3)4/h6-8,10,17-18H,5,9H2,1-4H3. The Kier molecular flexibility index (Phi) is 2.53. The van der Waals surface area contributed by atoms with Crippen molar-refractivity contribution in [2.75, 3.05) is 6.54 Å². The van der Waals surface area contributed by atoms with Crippen molar-refractivity contribution in [2.45, 2.75) is 45.6 Å². The van der Waals surface area contributed by atoms with Gasteiger partial charge in [-0.1, -0.05) is 26.8 Å². The van der Waals surface area contributed by atoms with Crippen LogP contribution in [0, 0.1) is 0 Å². The third-order valence-corrected chi connectivity index (χ3v) is 4.26. The molecule has 1 aliphatic rings. The van der Waals surface area contributed by atoms with Crippen molar-refractivity contribution in [1.82, 2.24) is 10.3 Å². The lowest BCUT2D eigenvalue weighted by Gasteiger charge is -2.34. The van der Waals surface area contributed by atoms with Crippen LogP contribution in [-0.4, -0.2) is 11.5 Å². The molecule has 96 valence electrons. The minimum absolute atomic E-state index is 0.201.